The first kappa shape index (κ1) is 16.6. The Morgan fingerprint density at radius 2 is 2.25 bits per heavy atom. The van der Waals surface area contributed by atoms with E-state index in [1.165, 1.54) is 21.8 Å². The second-order valence-corrected chi connectivity index (χ2v) is 8.66. The molecule has 6 heteroatoms. The van der Waals surface area contributed by atoms with E-state index in [9.17, 15) is 4.79 Å². The largest absolute Gasteiger partial charge is 0.346 e. The molecular weight excluding hydrogens is 297 g/mol. The Kier molecular flexibility index (Phi) is 5.10. The minimum Gasteiger partial charge on any atom is -0.240 e. The molecule has 4 atom stereocenters. The fraction of sp³-hybridized carbons (Fsp3) is 0.929. The summed E-state index contributed by atoms with van der Waals surface area (Å²) in [6.45, 7) is 6.43. The monoisotopic (exact) mass is 322 g/mol. The van der Waals surface area contributed by atoms with Crippen LogP contribution in [-0.2, 0) is 9.63 Å². The number of unbranched alkanes of at least 4 members (excludes halogenated alkanes) is 2. The van der Waals surface area contributed by atoms with Gasteiger partial charge in [0.1, 0.15) is 6.54 Å². The van der Waals surface area contributed by atoms with Crippen LogP contribution in [0.25, 0.3) is 0 Å². The van der Waals surface area contributed by atoms with Gasteiger partial charge in [0.05, 0.1) is 0 Å². The fourth-order valence-corrected chi connectivity index (χ4v) is 6.74. The van der Waals surface area contributed by atoms with Crippen molar-refractivity contribution >= 4 is 28.2 Å². The number of nitrogens with zero attached hydrogens (tertiary/aromatic N) is 1. The molecule has 2 rings (SSSR count). The second-order valence-electron chi connectivity index (χ2n) is 6.17. The van der Waals surface area contributed by atoms with Gasteiger partial charge >= 0.3 is 6.41 Å². The number of hydroxylamine groups is 2. The topological polar surface area (TPSA) is 26.3 Å². The van der Waals surface area contributed by atoms with Gasteiger partial charge in [0, 0.05) is 23.1 Å². The fourth-order valence-electron chi connectivity index (χ4n) is 3.11. The molecule has 116 valence electrons. The third kappa shape index (κ3) is 2.76. The number of hydrogen-bond acceptors (Lipinski definition) is 4. The Balaban J connectivity index is 2.17. The van der Waals surface area contributed by atoms with Gasteiger partial charge < -0.3 is 0 Å². The van der Waals surface area contributed by atoms with Gasteiger partial charge in [-0.25, -0.2) is 9.18 Å². The zero-order valence-corrected chi connectivity index (χ0v) is 14.2. The first-order valence-electron chi connectivity index (χ1n) is 7.52. The van der Waals surface area contributed by atoms with Gasteiger partial charge in [-0.05, 0) is 36.7 Å². The van der Waals surface area contributed by atoms with Crippen LogP contribution in [0.5, 0.6) is 0 Å². The number of rotatable bonds is 5. The van der Waals surface area contributed by atoms with Crippen molar-refractivity contribution in [3.63, 3.8) is 0 Å². The molecule has 1 aliphatic carbocycles. The van der Waals surface area contributed by atoms with Gasteiger partial charge in [-0.3, -0.25) is 0 Å². The number of alkyl halides is 1. The minimum atomic E-state index is -1.38. The molecule has 3 nitrogen and oxygen atoms in total. The number of carbonyl (C=O) groups is 1. The normalized spacial score (nSPS) is 44.9. The van der Waals surface area contributed by atoms with E-state index in [0.29, 0.717) is 13.0 Å². The molecule has 0 bridgehead atoms. The molecule has 1 saturated carbocycles. The third-order valence-corrected chi connectivity index (χ3v) is 8.01. The van der Waals surface area contributed by atoms with E-state index in [1.807, 2.05) is 6.92 Å². The van der Waals surface area contributed by atoms with Crippen molar-refractivity contribution in [2.75, 3.05) is 6.54 Å². The lowest BCUT2D eigenvalue weighted by atomic mass is 9.78. The van der Waals surface area contributed by atoms with Gasteiger partial charge in [-0.1, -0.05) is 20.3 Å². The van der Waals surface area contributed by atoms with E-state index in [2.05, 4.69) is 6.92 Å². The lowest BCUT2D eigenvalue weighted by molar-refractivity contribution is -0.935. The lowest BCUT2D eigenvalue weighted by Gasteiger charge is -2.44. The maximum atomic E-state index is 15.1. The van der Waals surface area contributed by atoms with Crippen LogP contribution in [0.1, 0.15) is 59.3 Å². The van der Waals surface area contributed by atoms with E-state index >= 15 is 4.39 Å². The number of amides is 1. The molecule has 1 amide bonds. The average molecular weight is 322 g/mol. The van der Waals surface area contributed by atoms with Crippen molar-refractivity contribution in [2.45, 2.75) is 69.9 Å². The summed E-state index contributed by atoms with van der Waals surface area (Å²) in [5, 5.41) is 0. The van der Waals surface area contributed by atoms with Crippen molar-refractivity contribution in [3.8, 4) is 0 Å². The molecule has 2 fully saturated rings. The Labute approximate surface area is 129 Å². The van der Waals surface area contributed by atoms with Crippen molar-refractivity contribution in [1.29, 1.82) is 0 Å². The zero-order chi connectivity index (χ0) is 14.9. The molecule has 20 heavy (non-hydrogen) atoms. The predicted octanol–water partition coefficient (Wildman–Crippen LogP) is 4.64. The average Bonchev–Trinajstić information content (AvgIpc) is 2.80. The van der Waals surface area contributed by atoms with Crippen LogP contribution < -0.4 is 0 Å². The van der Waals surface area contributed by atoms with Crippen LogP contribution in [0, 0.1) is 5.92 Å². The summed E-state index contributed by atoms with van der Waals surface area (Å²) < 4.78 is 14.9. The quantitative estimate of drug-likeness (QED) is 0.242. The van der Waals surface area contributed by atoms with Gasteiger partial charge in [-0.15, -0.1) is 0 Å². The summed E-state index contributed by atoms with van der Waals surface area (Å²) in [7, 11) is 2.81. The van der Waals surface area contributed by atoms with E-state index in [0.717, 1.165) is 38.5 Å². The third-order valence-electron chi connectivity index (χ3n) is 4.47. The molecule has 0 aromatic carbocycles. The van der Waals surface area contributed by atoms with Crippen molar-refractivity contribution in [3.05, 3.63) is 0 Å². The highest BCUT2D eigenvalue weighted by atomic mass is 33.1. The number of quaternary nitrogens is 1. The molecule has 1 heterocycles. The van der Waals surface area contributed by atoms with Gasteiger partial charge in [0.25, 0.3) is 0 Å². The smallest absolute Gasteiger partial charge is 0.240 e. The molecule has 0 N–H and O–H groups in total. The zero-order valence-electron chi connectivity index (χ0n) is 12.6. The molecule has 4 unspecified atom stereocenters. The Hall–Kier alpha value is 0.220. The van der Waals surface area contributed by atoms with Crippen molar-refractivity contribution in [1.82, 2.24) is 0 Å². The summed E-state index contributed by atoms with van der Waals surface area (Å²) in [5.41, 5.74) is -1.38. The molecule has 2 aliphatic rings. The van der Waals surface area contributed by atoms with E-state index in [-0.39, 0.29) is 9.97 Å². The summed E-state index contributed by atoms with van der Waals surface area (Å²) in [5.74, 6) is 0.120. The summed E-state index contributed by atoms with van der Waals surface area (Å²) in [4.78, 5) is 16.8. The standard InChI is InChI=1S/C14H25FNO2S2/c1-4-5-6-10-16(11-17)18-14(19-20-16)12(2)8-7-9-13(14,3)15/h11-12H,4-10H2,1-3H3/q+1. The lowest BCUT2D eigenvalue weighted by Crippen LogP contribution is -2.57. The molecular formula is C14H25FNO2S2+. The second kappa shape index (κ2) is 6.15. The molecule has 0 radical (unpaired) electrons. The highest BCUT2D eigenvalue weighted by molar-refractivity contribution is 8.75. The minimum absolute atomic E-state index is 0.117. The van der Waals surface area contributed by atoms with Crippen LogP contribution in [0.15, 0.2) is 0 Å². The number of hydrogen-bond donors (Lipinski definition) is 0. The van der Waals surface area contributed by atoms with Crippen LogP contribution in [-0.4, -0.2) is 27.6 Å². The van der Waals surface area contributed by atoms with E-state index < -0.39 is 10.6 Å². The first-order valence-corrected chi connectivity index (χ1v) is 9.63. The number of carbonyl (C=O) groups excluding carboxylic acids is 1. The first-order chi connectivity index (χ1) is 9.41. The SMILES string of the molecule is CCCCC[N+]1(C=O)OC2(SS1)C(C)CCCC2(C)F. The van der Waals surface area contributed by atoms with E-state index in [4.69, 9.17) is 4.84 Å². The summed E-state index contributed by atoms with van der Waals surface area (Å²) in [6, 6.07) is 0. The Morgan fingerprint density at radius 1 is 1.50 bits per heavy atom. The summed E-state index contributed by atoms with van der Waals surface area (Å²) in [6.07, 6.45) is 6.29. The highest BCUT2D eigenvalue weighted by Crippen LogP contribution is 2.64. The Bertz CT molecular complexity index is 369. The molecule has 1 saturated heterocycles. The maximum absolute atomic E-state index is 15.1. The van der Waals surface area contributed by atoms with Crippen LogP contribution in [0.2, 0.25) is 0 Å². The highest BCUT2D eigenvalue weighted by Gasteiger charge is 2.68. The van der Waals surface area contributed by atoms with Gasteiger partial charge in [-0.2, -0.15) is 4.84 Å². The van der Waals surface area contributed by atoms with Crippen LogP contribution in [0.4, 0.5) is 4.39 Å². The van der Waals surface area contributed by atoms with E-state index in [1.54, 1.807) is 6.92 Å². The molecule has 1 aliphatic heterocycles. The van der Waals surface area contributed by atoms with Gasteiger partial charge in [0.2, 0.25) is 4.93 Å². The maximum Gasteiger partial charge on any atom is 0.346 e. The molecule has 1 spiro atoms. The van der Waals surface area contributed by atoms with Crippen molar-refractivity contribution in [2.24, 2.45) is 5.92 Å². The molecule has 0 aromatic rings. The number of halogens is 1. The van der Waals surface area contributed by atoms with Crippen LogP contribution in [0.3, 0.4) is 0 Å². The Morgan fingerprint density at radius 3 is 2.85 bits per heavy atom. The summed E-state index contributed by atoms with van der Waals surface area (Å²) >= 11 is 0. The predicted molar refractivity (Wildman–Crippen MR) is 82.2 cm³/mol. The molecule has 0 aromatic heterocycles. The van der Waals surface area contributed by atoms with Crippen molar-refractivity contribution < 1.29 is 18.1 Å². The van der Waals surface area contributed by atoms with Crippen LogP contribution >= 0.6 is 21.8 Å². The van der Waals surface area contributed by atoms with Gasteiger partial charge in [0.15, 0.2) is 16.6 Å².